The van der Waals surface area contributed by atoms with Gasteiger partial charge in [0.25, 0.3) is 5.91 Å². The summed E-state index contributed by atoms with van der Waals surface area (Å²) < 4.78 is 5.43. The van der Waals surface area contributed by atoms with E-state index in [0.717, 1.165) is 81.3 Å². The minimum atomic E-state index is -0.312. The summed E-state index contributed by atoms with van der Waals surface area (Å²) in [5.41, 5.74) is 5.20. The molecule has 2 aliphatic heterocycles. The number of carbonyl (C=O) groups is 2. The van der Waals surface area contributed by atoms with E-state index < -0.39 is 0 Å². The Kier molecular flexibility index (Phi) is 10.5. The van der Waals surface area contributed by atoms with E-state index in [-0.39, 0.29) is 23.8 Å². The lowest BCUT2D eigenvalue weighted by atomic mass is 9.93. The average Bonchev–Trinajstić information content (AvgIpc) is 2.94. The molecule has 2 aromatic carbocycles. The molecule has 8 nitrogen and oxygen atoms in total. The van der Waals surface area contributed by atoms with Crippen LogP contribution >= 0.6 is 0 Å². The highest BCUT2D eigenvalue weighted by Crippen LogP contribution is 2.33. The zero-order valence-corrected chi connectivity index (χ0v) is 24.9. The Labute approximate surface area is 239 Å². The molecule has 218 valence electrons. The molecule has 40 heavy (non-hydrogen) atoms. The predicted molar refractivity (Wildman–Crippen MR) is 164 cm³/mol. The van der Waals surface area contributed by atoms with E-state index in [2.05, 4.69) is 78.6 Å². The number of urea groups is 1. The predicted octanol–water partition coefficient (Wildman–Crippen LogP) is 5.88. The second kappa shape index (κ2) is 14.0. The Morgan fingerprint density at radius 1 is 0.925 bits per heavy atom. The summed E-state index contributed by atoms with van der Waals surface area (Å²) >= 11 is 0. The van der Waals surface area contributed by atoms with E-state index in [4.69, 9.17) is 4.74 Å². The summed E-state index contributed by atoms with van der Waals surface area (Å²) in [5, 5.41) is 9.23. The number of nitrogens with zero attached hydrogens (tertiary/aromatic N) is 2. The van der Waals surface area contributed by atoms with Crippen LogP contribution in [0.3, 0.4) is 0 Å². The van der Waals surface area contributed by atoms with Gasteiger partial charge in [0.15, 0.2) is 0 Å². The van der Waals surface area contributed by atoms with Gasteiger partial charge < -0.3 is 25.6 Å². The molecule has 0 bridgehead atoms. The van der Waals surface area contributed by atoms with Gasteiger partial charge in [0.2, 0.25) is 0 Å². The van der Waals surface area contributed by atoms with Gasteiger partial charge in [-0.05, 0) is 59.9 Å². The van der Waals surface area contributed by atoms with Gasteiger partial charge in [-0.1, -0.05) is 52.8 Å². The topological polar surface area (TPSA) is 85.9 Å². The molecule has 0 unspecified atom stereocenters. The summed E-state index contributed by atoms with van der Waals surface area (Å²) in [7, 11) is 0. The zero-order chi connectivity index (χ0) is 28.6. The number of piperidine rings is 1. The van der Waals surface area contributed by atoms with Gasteiger partial charge in [-0.3, -0.25) is 9.69 Å². The van der Waals surface area contributed by atoms with E-state index in [1.807, 2.05) is 18.2 Å². The van der Waals surface area contributed by atoms with Crippen LogP contribution < -0.4 is 20.9 Å². The first kappa shape index (κ1) is 29.9. The molecule has 2 fully saturated rings. The molecule has 2 saturated heterocycles. The van der Waals surface area contributed by atoms with Gasteiger partial charge >= 0.3 is 6.03 Å². The van der Waals surface area contributed by atoms with E-state index in [0.29, 0.717) is 23.7 Å². The van der Waals surface area contributed by atoms with E-state index in [1.165, 1.54) is 0 Å². The third-order valence-electron chi connectivity index (χ3n) is 8.05. The van der Waals surface area contributed by atoms with Gasteiger partial charge in [0.05, 0.1) is 18.8 Å². The molecular formula is C32H47N5O3. The molecule has 3 amide bonds. The molecule has 2 aliphatic rings. The number of nitrogens with one attached hydrogen (secondary N) is 3. The van der Waals surface area contributed by atoms with Crippen molar-refractivity contribution in [3.63, 3.8) is 0 Å². The molecule has 0 saturated carbocycles. The van der Waals surface area contributed by atoms with Crippen molar-refractivity contribution in [2.45, 2.75) is 59.3 Å². The number of benzene rings is 2. The molecular weight excluding hydrogens is 502 g/mol. The average molecular weight is 550 g/mol. The highest BCUT2D eigenvalue weighted by atomic mass is 16.5. The lowest BCUT2D eigenvalue weighted by molar-refractivity contribution is 0.0383. The third kappa shape index (κ3) is 7.76. The highest BCUT2D eigenvalue weighted by molar-refractivity contribution is 6.04. The molecule has 0 aliphatic carbocycles. The van der Waals surface area contributed by atoms with Crippen molar-refractivity contribution in [3.05, 3.63) is 53.1 Å². The van der Waals surface area contributed by atoms with Crippen molar-refractivity contribution in [1.29, 1.82) is 0 Å². The van der Waals surface area contributed by atoms with Crippen molar-refractivity contribution in [2.24, 2.45) is 5.92 Å². The maximum absolute atomic E-state index is 13.5. The Hall–Kier alpha value is -3.10. The Bertz CT molecular complexity index is 1120. The summed E-state index contributed by atoms with van der Waals surface area (Å²) in [4.78, 5) is 31.3. The summed E-state index contributed by atoms with van der Waals surface area (Å²) in [6.45, 7) is 17.3. The summed E-state index contributed by atoms with van der Waals surface area (Å²) in [6.07, 6.45) is 2.21. The number of carbonyl (C=O) groups excluding carboxylic acids is 2. The van der Waals surface area contributed by atoms with Crippen molar-refractivity contribution in [3.8, 4) is 0 Å². The lowest BCUT2D eigenvalue weighted by Gasteiger charge is -2.33. The monoisotopic (exact) mass is 549 g/mol. The van der Waals surface area contributed by atoms with Gasteiger partial charge in [0, 0.05) is 56.3 Å². The first-order chi connectivity index (χ1) is 19.2. The maximum Gasteiger partial charge on any atom is 0.323 e. The Balaban J connectivity index is 1.51. The van der Waals surface area contributed by atoms with E-state index >= 15 is 0 Å². The number of anilines is 3. The molecule has 0 atom stereocenters. The first-order valence-electron chi connectivity index (χ1n) is 14.9. The van der Waals surface area contributed by atoms with Crippen LogP contribution in [-0.2, 0) is 4.74 Å². The minimum absolute atomic E-state index is 0.113. The number of rotatable bonds is 9. The molecule has 2 heterocycles. The Morgan fingerprint density at radius 2 is 1.57 bits per heavy atom. The SMILES string of the molecule is CC1CCN(c2ccc(NC(=O)Nc3c(C(C)C)cccc3C(C)C)cc2C(=O)NCCN2CCOCC2)CC1. The van der Waals surface area contributed by atoms with Crippen molar-refractivity contribution in [2.75, 3.05) is 68.0 Å². The number of morpholine rings is 1. The molecule has 0 spiro atoms. The largest absolute Gasteiger partial charge is 0.379 e. The maximum atomic E-state index is 13.5. The standard InChI is InChI=1S/C32H47N5O3/c1-22(2)26-7-6-8-27(23(3)4)30(26)35-32(39)34-25-9-10-29(37-14-11-24(5)12-15-37)28(21-25)31(38)33-13-16-36-17-19-40-20-18-36/h6-10,21-24H,11-20H2,1-5H3,(H,33,38)(H2,34,35,39). The zero-order valence-electron chi connectivity index (χ0n) is 24.9. The van der Waals surface area contributed by atoms with Gasteiger partial charge in [-0.25, -0.2) is 4.79 Å². The van der Waals surface area contributed by atoms with Crippen LogP contribution in [0.5, 0.6) is 0 Å². The number of amides is 3. The fourth-order valence-corrected chi connectivity index (χ4v) is 5.54. The first-order valence-corrected chi connectivity index (χ1v) is 14.9. The van der Waals surface area contributed by atoms with Crippen LogP contribution in [0.25, 0.3) is 0 Å². The highest BCUT2D eigenvalue weighted by Gasteiger charge is 2.23. The summed E-state index contributed by atoms with van der Waals surface area (Å²) in [5.74, 6) is 1.12. The van der Waals surface area contributed by atoms with Gasteiger partial charge in [0.1, 0.15) is 0 Å². The molecule has 8 heteroatoms. The van der Waals surface area contributed by atoms with Gasteiger partial charge in [-0.15, -0.1) is 0 Å². The smallest absolute Gasteiger partial charge is 0.323 e. The molecule has 0 aromatic heterocycles. The molecule has 0 radical (unpaired) electrons. The number of hydrogen-bond acceptors (Lipinski definition) is 5. The number of ether oxygens (including phenoxy) is 1. The van der Waals surface area contributed by atoms with Crippen molar-refractivity contribution < 1.29 is 14.3 Å². The van der Waals surface area contributed by atoms with E-state index in [9.17, 15) is 9.59 Å². The van der Waals surface area contributed by atoms with Crippen LogP contribution in [0, 0.1) is 5.92 Å². The van der Waals surface area contributed by atoms with Crippen molar-refractivity contribution >= 4 is 29.0 Å². The normalized spacial score (nSPS) is 16.8. The second-order valence-corrected chi connectivity index (χ2v) is 11.8. The summed E-state index contributed by atoms with van der Waals surface area (Å²) in [6, 6.07) is 11.6. The van der Waals surface area contributed by atoms with Crippen molar-refractivity contribution in [1.82, 2.24) is 10.2 Å². The van der Waals surface area contributed by atoms with Crippen LogP contribution in [0.1, 0.15) is 80.8 Å². The Morgan fingerprint density at radius 3 is 2.20 bits per heavy atom. The molecule has 3 N–H and O–H groups in total. The molecule has 4 rings (SSSR count). The number of hydrogen-bond donors (Lipinski definition) is 3. The minimum Gasteiger partial charge on any atom is -0.379 e. The van der Waals surface area contributed by atoms with Crippen LogP contribution in [0.15, 0.2) is 36.4 Å². The third-order valence-corrected chi connectivity index (χ3v) is 8.05. The van der Waals surface area contributed by atoms with Crippen LogP contribution in [0.4, 0.5) is 21.9 Å². The number of para-hydroxylation sites is 1. The second-order valence-electron chi connectivity index (χ2n) is 11.8. The van der Waals surface area contributed by atoms with E-state index in [1.54, 1.807) is 0 Å². The van der Waals surface area contributed by atoms with Gasteiger partial charge in [-0.2, -0.15) is 0 Å². The quantitative estimate of drug-likeness (QED) is 0.364. The fraction of sp³-hybridized carbons (Fsp3) is 0.562. The molecule has 2 aromatic rings. The fourth-order valence-electron chi connectivity index (χ4n) is 5.54. The lowest BCUT2D eigenvalue weighted by Crippen LogP contribution is -2.41. The van der Waals surface area contributed by atoms with Crippen LogP contribution in [-0.4, -0.2) is 69.3 Å². The van der Waals surface area contributed by atoms with Crippen LogP contribution in [0.2, 0.25) is 0 Å².